The molecule has 1 aromatic carbocycles. The molecule has 1 atom stereocenters. The number of sulfonamides is 1. The molecule has 178 valence electrons. The molecule has 0 aromatic heterocycles. The lowest BCUT2D eigenvalue weighted by atomic mass is 10.1. The van der Waals surface area contributed by atoms with Crippen LogP contribution in [0.25, 0.3) is 0 Å². The van der Waals surface area contributed by atoms with Crippen LogP contribution in [0.3, 0.4) is 0 Å². The molecule has 3 rings (SSSR count). The lowest BCUT2D eigenvalue weighted by molar-refractivity contribution is -0.126. The van der Waals surface area contributed by atoms with Gasteiger partial charge in [-0.05, 0) is 0 Å². The molecule has 2 aliphatic rings. The second-order valence-corrected chi connectivity index (χ2v) is 9.50. The number of hydrogen-bond donors (Lipinski definition) is 1. The highest BCUT2D eigenvalue weighted by atomic mass is 32.2. The van der Waals surface area contributed by atoms with E-state index in [0.29, 0.717) is 49.2 Å². The molecule has 0 radical (unpaired) electrons. The van der Waals surface area contributed by atoms with Crippen molar-refractivity contribution < 1.29 is 37.0 Å². The van der Waals surface area contributed by atoms with Gasteiger partial charge in [-0.15, -0.1) is 0 Å². The summed E-state index contributed by atoms with van der Waals surface area (Å²) in [5, 5.41) is 2.65. The van der Waals surface area contributed by atoms with Gasteiger partial charge in [0.05, 0.1) is 51.9 Å². The predicted octanol–water partition coefficient (Wildman–Crippen LogP) is -0.156. The van der Waals surface area contributed by atoms with E-state index >= 15 is 0 Å². The summed E-state index contributed by atoms with van der Waals surface area (Å²) in [5.74, 6) is -0.165. The van der Waals surface area contributed by atoms with Crippen LogP contribution in [0.15, 0.2) is 12.1 Å². The van der Waals surface area contributed by atoms with E-state index in [1.54, 1.807) is 12.1 Å². The SMILES string of the molecule is COc1cc(N2CC(C(=O)NCCS(=O)(=O)N3CCOCC3)CC2=O)cc(OC)c1OC. The topological polar surface area (TPSA) is 124 Å². The van der Waals surface area contributed by atoms with Crippen LogP contribution in [0.4, 0.5) is 5.69 Å². The molecule has 2 aliphatic heterocycles. The van der Waals surface area contributed by atoms with Crippen LogP contribution in [0, 0.1) is 5.92 Å². The fourth-order valence-corrected chi connectivity index (χ4v) is 5.08. The summed E-state index contributed by atoms with van der Waals surface area (Å²) in [6.07, 6.45) is 0.0265. The zero-order valence-electron chi connectivity index (χ0n) is 18.5. The van der Waals surface area contributed by atoms with Crippen molar-refractivity contribution in [3.63, 3.8) is 0 Å². The van der Waals surface area contributed by atoms with Crippen molar-refractivity contribution in [3.05, 3.63) is 12.1 Å². The van der Waals surface area contributed by atoms with Crippen molar-refractivity contribution >= 4 is 27.5 Å². The molecule has 1 aromatic rings. The summed E-state index contributed by atoms with van der Waals surface area (Å²) >= 11 is 0. The lowest BCUT2D eigenvalue weighted by Gasteiger charge is -2.26. The number of benzene rings is 1. The van der Waals surface area contributed by atoms with Crippen LogP contribution in [-0.2, 0) is 24.3 Å². The Labute approximate surface area is 187 Å². The minimum Gasteiger partial charge on any atom is -0.493 e. The lowest BCUT2D eigenvalue weighted by Crippen LogP contribution is -2.44. The smallest absolute Gasteiger partial charge is 0.227 e. The normalized spacial score (nSPS) is 19.7. The van der Waals surface area contributed by atoms with Gasteiger partial charge >= 0.3 is 0 Å². The van der Waals surface area contributed by atoms with Crippen molar-refractivity contribution in [3.8, 4) is 17.2 Å². The fourth-order valence-electron chi connectivity index (χ4n) is 3.76. The van der Waals surface area contributed by atoms with Gasteiger partial charge in [0, 0.05) is 44.7 Å². The van der Waals surface area contributed by atoms with E-state index in [9.17, 15) is 18.0 Å². The summed E-state index contributed by atoms with van der Waals surface area (Å²) < 4.78 is 47.2. The first-order chi connectivity index (χ1) is 15.3. The van der Waals surface area contributed by atoms with Gasteiger partial charge in [-0.25, -0.2) is 8.42 Å². The van der Waals surface area contributed by atoms with Crippen LogP contribution in [0.5, 0.6) is 17.2 Å². The van der Waals surface area contributed by atoms with Crippen LogP contribution >= 0.6 is 0 Å². The van der Waals surface area contributed by atoms with Crippen LogP contribution in [0.1, 0.15) is 6.42 Å². The first-order valence-electron chi connectivity index (χ1n) is 10.2. The third-order valence-corrected chi connectivity index (χ3v) is 7.35. The Morgan fingerprint density at radius 1 is 1.12 bits per heavy atom. The number of rotatable bonds is 9. The first-order valence-corrected chi connectivity index (χ1v) is 11.8. The molecule has 0 bridgehead atoms. The molecular weight excluding hydrogens is 442 g/mol. The van der Waals surface area contributed by atoms with Gasteiger partial charge in [0.15, 0.2) is 11.5 Å². The highest BCUT2D eigenvalue weighted by molar-refractivity contribution is 7.89. The number of carbonyl (C=O) groups excluding carboxylic acids is 2. The zero-order chi connectivity index (χ0) is 23.3. The second kappa shape index (κ2) is 10.4. The van der Waals surface area contributed by atoms with Crippen molar-refractivity contribution in [1.82, 2.24) is 9.62 Å². The average molecular weight is 472 g/mol. The number of nitrogens with one attached hydrogen (secondary N) is 1. The third kappa shape index (κ3) is 5.25. The second-order valence-electron chi connectivity index (χ2n) is 7.41. The maximum atomic E-state index is 12.6. The third-order valence-electron chi connectivity index (χ3n) is 5.48. The minimum atomic E-state index is -3.47. The van der Waals surface area contributed by atoms with Gasteiger partial charge in [0.1, 0.15) is 0 Å². The maximum Gasteiger partial charge on any atom is 0.227 e. The number of amides is 2. The highest BCUT2D eigenvalue weighted by Crippen LogP contribution is 2.42. The van der Waals surface area contributed by atoms with Crippen LogP contribution < -0.4 is 24.4 Å². The van der Waals surface area contributed by atoms with Gasteiger partial charge in [0.2, 0.25) is 27.6 Å². The Hall–Kier alpha value is -2.57. The van der Waals surface area contributed by atoms with Gasteiger partial charge in [-0.3, -0.25) is 9.59 Å². The number of carbonyl (C=O) groups is 2. The predicted molar refractivity (Wildman–Crippen MR) is 116 cm³/mol. The van der Waals surface area contributed by atoms with Gasteiger partial charge in [0.25, 0.3) is 0 Å². The number of morpholine rings is 1. The quantitative estimate of drug-likeness (QED) is 0.527. The van der Waals surface area contributed by atoms with Crippen LogP contribution in [-0.4, -0.2) is 91.0 Å². The molecule has 0 spiro atoms. The van der Waals surface area contributed by atoms with Crippen LogP contribution in [0.2, 0.25) is 0 Å². The number of ether oxygens (including phenoxy) is 4. The zero-order valence-corrected chi connectivity index (χ0v) is 19.3. The molecule has 2 amide bonds. The summed E-state index contributed by atoms with van der Waals surface area (Å²) in [6, 6.07) is 3.29. The molecule has 1 N–H and O–H groups in total. The van der Waals surface area contributed by atoms with E-state index in [1.165, 1.54) is 30.5 Å². The summed E-state index contributed by atoms with van der Waals surface area (Å²) in [5.41, 5.74) is 0.523. The Kier molecular flexibility index (Phi) is 7.80. The summed E-state index contributed by atoms with van der Waals surface area (Å²) in [6.45, 7) is 1.51. The van der Waals surface area contributed by atoms with Crippen molar-refractivity contribution in [2.24, 2.45) is 5.92 Å². The molecule has 0 saturated carbocycles. The van der Waals surface area contributed by atoms with Gasteiger partial charge in [-0.2, -0.15) is 4.31 Å². The maximum absolute atomic E-state index is 12.6. The first kappa shape index (κ1) is 24.1. The average Bonchev–Trinajstić information content (AvgIpc) is 3.20. The number of hydrogen-bond acceptors (Lipinski definition) is 8. The van der Waals surface area contributed by atoms with Gasteiger partial charge in [-0.1, -0.05) is 0 Å². The summed E-state index contributed by atoms with van der Waals surface area (Å²) in [7, 11) is 0.980. The number of anilines is 1. The van der Waals surface area contributed by atoms with E-state index in [4.69, 9.17) is 18.9 Å². The molecule has 2 heterocycles. The van der Waals surface area contributed by atoms with Crippen molar-refractivity contribution in [2.75, 3.05) is 71.4 Å². The Morgan fingerprint density at radius 3 is 2.31 bits per heavy atom. The van der Waals surface area contributed by atoms with E-state index in [-0.39, 0.29) is 37.1 Å². The Bertz CT molecular complexity index is 921. The van der Waals surface area contributed by atoms with Gasteiger partial charge < -0.3 is 29.2 Å². The monoisotopic (exact) mass is 471 g/mol. The van der Waals surface area contributed by atoms with E-state index in [2.05, 4.69) is 5.32 Å². The van der Waals surface area contributed by atoms with E-state index < -0.39 is 15.9 Å². The number of nitrogens with zero attached hydrogens (tertiary/aromatic N) is 2. The largest absolute Gasteiger partial charge is 0.493 e. The fraction of sp³-hybridized carbons (Fsp3) is 0.600. The minimum absolute atomic E-state index is 0.0204. The molecule has 12 heteroatoms. The Balaban J connectivity index is 1.61. The molecule has 2 fully saturated rings. The molecular formula is C20H29N3O8S. The Morgan fingerprint density at radius 2 is 1.75 bits per heavy atom. The number of methoxy groups -OCH3 is 3. The van der Waals surface area contributed by atoms with E-state index in [0.717, 1.165) is 0 Å². The highest BCUT2D eigenvalue weighted by Gasteiger charge is 2.36. The molecule has 1 unspecified atom stereocenters. The van der Waals surface area contributed by atoms with Crippen molar-refractivity contribution in [1.29, 1.82) is 0 Å². The standard InChI is InChI=1S/C20H29N3O8S/c1-28-16-11-15(12-17(29-2)19(16)30-3)23-13-14(10-18(23)24)20(25)21-4-9-32(26,27)22-5-7-31-8-6-22/h11-12,14H,4-10,13H2,1-3H3,(H,21,25). The molecule has 0 aliphatic carbocycles. The molecule has 11 nitrogen and oxygen atoms in total. The summed E-state index contributed by atoms with van der Waals surface area (Å²) in [4.78, 5) is 26.7. The van der Waals surface area contributed by atoms with Crippen molar-refractivity contribution in [2.45, 2.75) is 6.42 Å². The molecule has 32 heavy (non-hydrogen) atoms. The molecule has 2 saturated heterocycles. The van der Waals surface area contributed by atoms with E-state index in [1.807, 2.05) is 0 Å².